The Labute approximate surface area is 188 Å². The molecule has 1 heterocycles. The SMILES string of the molecule is CCC(C)N(Cc1csc(COc2cccc(C)c2)n1)S(=O)(=O)c1ccc(OC)cc1. The molecule has 3 rings (SSSR count). The van der Waals surface area contributed by atoms with Crippen LogP contribution in [0.25, 0.3) is 0 Å². The van der Waals surface area contributed by atoms with Gasteiger partial charge in [0.25, 0.3) is 0 Å². The quantitative estimate of drug-likeness (QED) is 0.424. The molecule has 6 nitrogen and oxygen atoms in total. The van der Waals surface area contributed by atoms with Crippen molar-refractivity contribution < 1.29 is 17.9 Å². The summed E-state index contributed by atoms with van der Waals surface area (Å²) < 4.78 is 39.1. The minimum absolute atomic E-state index is 0.166. The minimum Gasteiger partial charge on any atom is -0.497 e. The molecule has 31 heavy (non-hydrogen) atoms. The van der Waals surface area contributed by atoms with Crippen LogP contribution >= 0.6 is 11.3 Å². The van der Waals surface area contributed by atoms with Gasteiger partial charge in [0, 0.05) is 11.4 Å². The van der Waals surface area contributed by atoms with Crippen molar-refractivity contribution in [3.63, 3.8) is 0 Å². The number of sulfonamides is 1. The van der Waals surface area contributed by atoms with E-state index in [1.54, 1.807) is 31.4 Å². The van der Waals surface area contributed by atoms with Crippen LogP contribution in [-0.2, 0) is 23.2 Å². The van der Waals surface area contributed by atoms with Gasteiger partial charge in [0.05, 0.1) is 24.2 Å². The van der Waals surface area contributed by atoms with Gasteiger partial charge in [-0.3, -0.25) is 0 Å². The molecule has 0 saturated heterocycles. The number of ether oxygens (including phenoxy) is 2. The van der Waals surface area contributed by atoms with Crippen LogP contribution < -0.4 is 9.47 Å². The summed E-state index contributed by atoms with van der Waals surface area (Å²) >= 11 is 1.47. The maximum Gasteiger partial charge on any atom is 0.243 e. The van der Waals surface area contributed by atoms with Gasteiger partial charge in [-0.2, -0.15) is 4.31 Å². The van der Waals surface area contributed by atoms with Crippen molar-refractivity contribution in [3.8, 4) is 11.5 Å². The summed E-state index contributed by atoms with van der Waals surface area (Å²) in [4.78, 5) is 4.85. The molecule has 166 valence electrons. The highest BCUT2D eigenvalue weighted by Crippen LogP contribution is 2.25. The van der Waals surface area contributed by atoms with Crippen LogP contribution in [0.3, 0.4) is 0 Å². The number of hydrogen-bond donors (Lipinski definition) is 0. The average Bonchev–Trinajstić information content (AvgIpc) is 3.23. The summed E-state index contributed by atoms with van der Waals surface area (Å²) in [7, 11) is -2.12. The first-order valence-corrected chi connectivity index (χ1v) is 12.4. The number of hydrogen-bond acceptors (Lipinski definition) is 6. The predicted molar refractivity (Wildman–Crippen MR) is 123 cm³/mol. The topological polar surface area (TPSA) is 68.7 Å². The smallest absolute Gasteiger partial charge is 0.243 e. The lowest BCUT2D eigenvalue weighted by Crippen LogP contribution is -2.37. The number of methoxy groups -OCH3 is 1. The molecule has 0 amide bonds. The van der Waals surface area contributed by atoms with Crippen LogP contribution in [0.15, 0.2) is 58.8 Å². The van der Waals surface area contributed by atoms with E-state index in [2.05, 4.69) is 4.98 Å². The van der Waals surface area contributed by atoms with Crippen molar-refractivity contribution in [1.29, 1.82) is 0 Å². The summed E-state index contributed by atoms with van der Waals surface area (Å²) in [6, 6.07) is 14.1. The predicted octanol–water partition coefficient (Wildman–Crippen LogP) is 5.03. The molecular weight excluding hydrogens is 432 g/mol. The van der Waals surface area contributed by atoms with Crippen molar-refractivity contribution in [2.75, 3.05) is 7.11 Å². The molecule has 0 fully saturated rings. The zero-order valence-electron chi connectivity index (χ0n) is 18.2. The highest BCUT2D eigenvalue weighted by molar-refractivity contribution is 7.89. The molecule has 8 heteroatoms. The first-order chi connectivity index (χ1) is 14.8. The Morgan fingerprint density at radius 2 is 1.87 bits per heavy atom. The van der Waals surface area contributed by atoms with E-state index in [1.807, 2.05) is 50.4 Å². The van der Waals surface area contributed by atoms with Crippen LogP contribution in [0.5, 0.6) is 11.5 Å². The molecule has 0 radical (unpaired) electrons. The molecule has 0 aliphatic rings. The standard InChI is InChI=1S/C23H28N2O4S2/c1-5-18(3)25(31(26,27)22-11-9-20(28-4)10-12-22)14-19-16-30-23(24-19)15-29-21-8-6-7-17(2)13-21/h6-13,16,18H,5,14-15H2,1-4H3. The van der Waals surface area contributed by atoms with E-state index < -0.39 is 10.0 Å². The van der Waals surface area contributed by atoms with Crippen LogP contribution in [0.2, 0.25) is 0 Å². The van der Waals surface area contributed by atoms with Gasteiger partial charge in [0.15, 0.2) is 0 Å². The fourth-order valence-electron chi connectivity index (χ4n) is 3.06. The van der Waals surface area contributed by atoms with Gasteiger partial charge >= 0.3 is 0 Å². The van der Waals surface area contributed by atoms with Crippen molar-refractivity contribution >= 4 is 21.4 Å². The lowest BCUT2D eigenvalue weighted by Gasteiger charge is -2.27. The summed E-state index contributed by atoms with van der Waals surface area (Å²) in [5.41, 5.74) is 1.84. The molecule has 1 unspecified atom stereocenters. The van der Waals surface area contributed by atoms with E-state index in [9.17, 15) is 8.42 Å². The zero-order chi connectivity index (χ0) is 22.4. The first-order valence-electron chi connectivity index (χ1n) is 10.1. The van der Waals surface area contributed by atoms with E-state index in [4.69, 9.17) is 9.47 Å². The highest BCUT2D eigenvalue weighted by atomic mass is 32.2. The fraction of sp³-hybridized carbons (Fsp3) is 0.348. The summed E-state index contributed by atoms with van der Waals surface area (Å²) in [6.07, 6.45) is 0.697. The van der Waals surface area contributed by atoms with Crippen LogP contribution in [0, 0.1) is 6.92 Å². The van der Waals surface area contributed by atoms with Gasteiger partial charge in [0.2, 0.25) is 10.0 Å². The molecule has 0 spiro atoms. The third kappa shape index (κ3) is 5.84. The Kier molecular flexibility index (Phi) is 7.69. The van der Waals surface area contributed by atoms with E-state index in [-0.39, 0.29) is 17.5 Å². The van der Waals surface area contributed by atoms with Crippen molar-refractivity contribution in [2.24, 2.45) is 0 Å². The second kappa shape index (κ2) is 10.3. The lowest BCUT2D eigenvalue weighted by molar-refractivity contribution is 0.302. The molecule has 3 aromatic rings. The highest BCUT2D eigenvalue weighted by Gasteiger charge is 2.29. The van der Waals surface area contributed by atoms with Crippen LogP contribution in [-0.4, -0.2) is 30.9 Å². The molecule has 2 aromatic carbocycles. The molecule has 1 atom stereocenters. The number of aryl methyl sites for hydroxylation is 1. The van der Waals surface area contributed by atoms with E-state index in [1.165, 1.54) is 15.6 Å². The van der Waals surface area contributed by atoms with Crippen LogP contribution in [0.4, 0.5) is 0 Å². The fourth-order valence-corrected chi connectivity index (χ4v) is 5.43. The third-order valence-corrected chi connectivity index (χ3v) is 7.86. The Morgan fingerprint density at radius 1 is 1.13 bits per heavy atom. The molecule has 0 saturated carbocycles. The van der Waals surface area contributed by atoms with Crippen molar-refractivity contribution in [1.82, 2.24) is 9.29 Å². The average molecular weight is 461 g/mol. The van der Waals surface area contributed by atoms with E-state index >= 15 is 0 Å². The largest absolute Gasteiger partial charge is 0.497 e. The first kappa shape index (κ1) is 23.2. The number of thiazole rings is 1. The van der Waals surface area contributed by atoms with Crippen LogP contribution in [0.1, 0.15) is 36.5 Å². The van der Waals surface area contributed by atoms with Gasteiger partial charge < -0.3 is 9.47 Å². The molecule has 0 aliphatic heterocycles. The molecule has 1 aromatic heterocycles. The van der Waals surface area contributed by atoms with Crippen molar-refractivity contribution in [3.05, 3.63) is 70.2 Å². The molecule has 0 aliphatic carbocycles. The zero-order valence-corrected chi connectivity index (χ0v) is 19.9. The second-order valence-electron chi connectivity index (χ2n) is 7.32. The maximum absolute atomic E-state index is 13.3. The molecule has 0 N–H and O–H groups in total. The monoisotopic (exact) mass is 460 g/mol. The normalized spacial score (nSPS) is 12.7. The second-order valence-corrected chi connectivity index (χ2v) is 10.2. The minimum atomic E-state index is -3.68. The number of aromatic nitrogens is 1. The number of benzene rings is 2. The molecular formula is C23H28N2O4S2. The van der Waals surface area contributed by atoms with Crippen molar-refractivity contribution in [2.45, 2.75) is 51.3 Å². The maximum atomic E-state index is 13.3. The lowest BCUT2D eigenvalue weighted by atomic mass is 10.2. The van der Waals surface area contributed by atoms with Gasteiger partial charge in [-0.05, 0) is 62.2 Å². The Morgan fingerprint density at radius 3 is 2.52 bits per heavy atom. The molecule has 0 bridgehead atoms. The van der Waals surface area contributed by atoms with E-state index in [0.29, 0.717) is 24.5 Å². The Bertz CT molecular complexity index is 1090. The number of rotatable bonds is 10. The van der Waals surface area contributed by atoms with Gasteiger partial charge in [-0.25, -0.2) is 13.4 Å². The van der Waals surface area contributed by atoms with Gasteiger partial charge in [0.1, 0.15) is 23.1 Å². The summed E-state index contributed by atoms with van der Waals surface area (Å²) in [5.74, 6) is 1.41. The van der Waals surface area contributed by atoms with Gasteiger partial charge in [-0.1, -0.05) is 19.1 Å². The number of nitrogens with zero attached hydrogens (tertiary/aromatic N) is 2. The van der Waals surface area contributed by atoms with Gasteiger partial charge in [-0.15, -0.1) is 11.3 Å². The van der Waals surface area contributed by atoms with E-state index in [0.717, 1.165) is 16.3 Å². The summed E-state index contributed by atoms with van der Waals surface area (Å²) in [6.45, 7) is 6.46. The Hall–Kier alpha value is -2.42. The summed E-state index contributed by atoms with van der Waals surface area (Å²) in [5, 5.41) is 2.70. The third-order valence-electron chi connectivity index (χ3n) is 5.02. The Balaban J connectivity index is 1.75.